The van der Waals surface area contributed by atoms with Gasteiger partial charge in [0.1, 0.15) is 11.6 Å². The number of nitrogens with zero attached hydrogens (tertiary/aromatic N) is 5. The number of hydrogen-bond acceptors (Lipinski definition) is 5. The Balaban J connectivity index is 1.39. The smallest absolute Gasteiger partial charge is 0.223 e. The first-order valence-electron chi connectivity index (χ1n) is 11.0. The second-order valence-corrected chi connectivity index (χ2v) is 9.07. The summed E-state index contributed by atoms with van der Waals surface area (Å²) in [6.45, 7) is 6.51. The van der Waals surface area contributed by atoms with Crippen molar-refractivity contribution in [2.75, 3.05) is 33.2 Å². The largest absolute Gasteiger partial charge is 0.346 e. The molecule has 2 aliphatic heterocycles. The molecule has 0 aliphatic carbocycles. The lowest BCUT2D eigenvalue weighted by molar-refractivity contribution is -0.127. The molecule has 1 aromatic heterocycles. The molecule has 1 fully saturated rings. The van der Waals surface area contributed by atoms with Crippen molar-refractivity contribution in [3.05, 3.63) is 46.3 Å². The van der Waals surface area contributed by atoms with Crippen molar-refractivity contribution in [1.82, 2.24) is 29.9 Å². The lowest BCUT2D eigenvalue weighted by atomic mass is 9.96. The fraction of sp³-hybridized carbons (Fsp3) is 0.591. The van der Waals surface area contributed by atoms with Crippen molar-refractivity contribution in [2.45, 2.75) is 45.3 Å². The molecule has 7 nitrogen and oxygen atoms in total. The van der Waals surface area contributed by atoms with Crippen molar-refractivity contribution >= 4 is 17.5 Å². The van der Waals surface area contributed by atoms with Crippen molar-refractivity contribution in [3.8, 4) is 0 Å². The minimum atomic E-state index is -0.276. The first-order valence-corrected chi connectivity index (χ1v) is 11.4. The summed E-state index contributed by atoms with van der Waals surface area (Å²) < 4.78 is 16.3. The van der Waals surface area contributed by atoms with Crippen LogP contribution in [0, 0.1) is 11.7 Å². The van der Waals surface area contributed by atoms with Crippen molar-refractivity contribution in [2.24, 2.45) is 5.92 Å². The van der Waals surface area contributed by atoms with Gasteiger partial charge in [0.15, 0.2) is 5.82 Å². The van der Waals surface area contributed by atoms with Crippen LogP contribution in [0.15, 0.2) is 18.2 Å². The molecule has 1 N–H and O–H groups in total. The first kappa shape index (κ1) is 22.2. The highest BCUT2D eigenvalue weighted by Crippen LogP contribution is 2.23. The zero-order chi connectivity index (χ0) is 22.0. The minimum absolute atomic E-state index is 0.0613. The molecule has 3 heterocycles. The fourth-order valence-electron chi connectivity index (χ4n) is 4.44. The molecule has 0 spiro atoms. The third-order valence-electron chi connectivity index (χ3n) is 6.43. The molecular weight excluding hydrogens is 419 g/mol. The number of nitrogens with one attached hydrogen (secondary N) is 1. The molecule has 4 rings (SSSR count). The summed E-state index contributed by atoms with van der Waals surface area (Å²) in [4.78, 5) is 17.2. The molecule has 0 radical (unpaired) electrons. The van der Waals surface area contributed by atoms with Crippen LogP contribution in [-0.2, 0) is 24.3 Å². The maximum absolute atomic E-state index is 14.2. The number of rotatable bonds is 5. The zero-order valence-electron chi connectivity index (χ0n) is 18.2. The molecule has 2 aliphatic rings. The Hall–Kier alpha value is -2.03. The number of amides is 1. The number of piperidine rings is 1. The summed E-state index contributed by atoms with van der Waals surface area (Å²) in [7, 11) is 2.09. The van der Waals surface area contributed by atoms with Gasteiger partial charge in [0.05, 0.1) is 6.04 Å². The van der Waals surface area contributed by atoms with E-state index in [1.165, 1.54) is 6.07 Å². The SMILES string of the molecule is C[C@H](NC(=O)C1CCN(C)CC1)c1nnc2n1CCN(Cc1c(F)cccc1Cl)CC2. The van der Waals surface area contributed by atoms with Crippen LogP contribution >= 0.6 is 11.6 Å². The van der Waals surface area contributed by atoms with Gasteiger partial charge in [0, 0.05) is 49.1 Å². The van der Waals surface area contributed by atoms with Gasteiger partial charge in [-0.25, -0.2) is 4.39 Å². The second kappa shape index (κ2) is 9.63. The van der Waals surface area contributed by atoms with E-state index in [0.717, 1.165) is 50.7 Å². The van der Waals surface area contributed by atoms with Crippen LogP contribution in [0.2, 0.25) is 5.02 Å². The van der Waals surface area contributed by atoms with Crippen molar-refractivity contribution < 1.29 is 9.18 Å². The molecule has 2 aromatic rings. The molecule has 0 bridgehead atoms. The summed E-state index contributed by atoms with van der Waals surface area (Å²) in [5, 5.41) is 12.3. The van der Waals surface area contributed by atoms with Gasteiger partial charge >= 0.3 is 0 Å². The molecule has 9 heteroatoms. The lowest BCUT2D eigenvalue weighted by Crippen LogP contribution is -2.40. The quantitative estimate of drug-likeness (QED) is 0.761. The molecular formula is C22H30ClFN6O. The summed E-state index contributed by atoms with van der Waals surface area (Å²) in [5.74, 6) is 1.57. The van der Waals surface area contributed by atoms with Gasteiger partial charge in [-0.15, -0.1) is 10.2 Å². The maximum Gasteiger partial charge on any atom is 0.223 e. The number of aromatic nitrogens is 3. The Morgan fingerprint density at radius 3 is 2.74 bits per heavy atom. The average Bonchev–Trinajstić information content (AvgIpc) is 3.05. The van der Waals surface area contributed by atoms with E-state index >= 15 is 0 Å². The van der Waals surface area contributed by atoms with Gasteiger partial charge in [-0.1, -0.05) is 17.7 Å². The normalized spacial score (nSPS) is 19.6. The second-order valence-electron chi connectivity index (χ2n) is 8.66. The number of fused-ring (bicyclic) bond motifs is 1. The van der Waals surface area contributed by atoms with Crippen molar-refractivity contribution in [3.63, 3.8) is 0 Å². The Labute approximate surface area is 187 Å². The fourth-order valence-corrected chi connectivity index (χ4v) is 4.66. The Kier molecular flexibility index (Phi) is 6.89. The molecule has 1 aromatic carbocycles. The van der Waals surface area contributed by atoms with Crippen LogP contribution in [-0.4, -0.2) is 63.7 Å². The highest BCUT2D eigenvalue weighted by atomic mass is 35.5. The average molecular weight is 449 g/mol. The third kappa shape index (κ3) is 5.07. The standard InChI is InChI=1S/C22H30ClFN6O/c1-15(25-22(31)16-6-9-28(2)10-7-16)21-27-26-20-8-11-29(12-13-30(20)21)14-17-18(23)4-3-5-19(17)24/h3-5,15-16H,6-14H2,1-2H3,(H,25,31)/t15-/m0/s1. The minimum Gasteiger partial charge on any atom is -0.346 e. The number of halogens is 2. The van der Waals surface area contributed by atoms with E-state index in [1.807, 2.05) is 6.92 Å². The van der Waals surface area contributed by atoms with Gasteiger partial charge in [-0.2, -0.15) is 0 Å². The molecule has 0 unspecified atom stereocenters. The van der Waals surface area contributed by atoms with E-state index in [1.54, 1.807) is 12.1 Å². The van der Waals surface area contributed by atoms with E-state index in [0.29, 0.717) is 30.1 Å². The molecule has 1 atom stereocenters. The van der Waals surface area contributed by atoms with Gasteiger partial charge in [-0.3, -0.25) is 9.69 Å². The number of benzene rings is 1. The molecule has 1 amide bonds. The summed E-state index contributed by atoms with van der Waals surface area (Å²) in [6.07, 6.45) is 2.50. The molecule has 168 valence electrons. The van der Waals surface area contributed by atoms with E-state index in [2.05, 4.69) is 36.9 Å². The van der Waals surface area contributed by atoms with E-state index in [-0.39, 0.29) is 23.7 Å². The Bertz CT molecular complexity index is 906. The molecule has 0 saturated carbocycles. The summed E-state index contributed by atoms with van der Waals surface area (Å²) in [6, 6.07) is 4.58. The zero-order valence-corrected chi connectivity index (χ0v) is 18.9. The monoisotopic (exact) mass is 448 g/mol. The summed E-state index contributed by atoms with van der Waals surface area (Å²) >= 11 is 6.21. The number of likely N-dealkylation sites (tertiary alicyclic amines) is 1. The summed E-state index contributed by atoms with van der Waals surface area (Å²) in [5.41, 5.74) is 0.529. The predicted octanol–water partition coefficient (Wildman–Crippen LogP) is 2.65. The van der Waals surface area contributed by atoms with Crippen LogP contribution in [0.25, 0.3) is 0 Å². The van der Waals surface area contributed by atoms with E-state index < -0.39 is 0 Å². The first-order chi connectivity index (χ1) is 14.9. The topological polar surface area (TPSA) is 66.3 Å². The Morgan fingerprint density at radius 2 is 2.00 bits per heavy atom. The van der Waals surface area contributed by atoms with Crippen LogP contribution < -0.4 is 5.32 Å². The van der Waals surface area contributed by atoms with Gasteiger partial charge in [0.25, 0.3) is 0 Å². The number of carbonyl (C=O) groups excluding carboxylic acids is 1. The van der Waals surface area contributed by atoms with Gasteiger partial charge in [0.2, 0.25) is 5.91 Å². The number of hydrogen-bond donors (Lipinski definition) is 1. The van der Waals surface area contributed by atoms with E-state index in [9.17, 15) is 9.18 Å². The van der Waals surface area contributed by atoms with Crippen molar-refractivity contribution in [1.29, 1.82) is 0 Å². The molecule has 1 saturated heterocycles. The van der Waals surface area contributed by atoms with Gasteiger partial charge < -0.3 is 14.8 Å². The molecule has 31 heavy (non-hydrogen) atoms. The highest BCUT2D eigenvalue weighted by molar-refractivity contribution is 6.31. The maximum atomic E-state index is 14.2. The lowest BCUT2D eigenvalue weighted by Gasteiger charge is -2.29. The highest BCUT2D eigenvalue weighted by Gasteiger charge is 2.27. The Morgan fingerprint density at radius 1 is 1.23 bits per heavy atom. The van der Waals surface area contributed by atoms with E-state index in [4.69, 9.17) is 11.6 Å². The van der Waals surface area contributed by atoms with Crippen LogP contribution in [0.1, 0.15) is 43.0 Å². The van der Waals surface area contributed by atoms with Crippen LogP contribution in [0.4, 0.5) is 4.39 Å². The van der Waals surface area contributed by atoms with Crippen LogP contribution in [0.3, 0.4) is 0 Å². The number of carbonyl (C=O) groups is 1. The van der Waals surface area contributed by atoms with Crippen LogP contribution in [0.5, 0.6) is 0 Å². The van der Waals surface area contributed by atoms with Gasteiger partial charge in [-0.05, 0) is 52.0 Å². The predicted molar refractivity (Wildman–Crippen MR) is 117 cm³/mol. The third-order valence-corrected chi connectivity index (χ3v) is 6.78.